The van der Waals surface area contributed by atoms with Gasteiger partial charge in [-0.1, -0.05) is 37.4 Å². The van der Waals surface area contributed by atoms with Crippen LogP contribution in [0.3, 0.4) is 0 Å². The van der Waals surface area contributed by atoms with E-state index in [-0.39, 0.29) is 18.3 Å². The number of rotatable bonds is 7. The van der Waals surface area contributed by atoms with Crippen molar-refractivity contribution in [2.75, 3.05) is 6.61 Å². The number of nitrogens with one attached hydrogen (secondary N) is 1. The molecule has 20 heavy (non-hydrogen) atoms. The zero-order valence-electron chi connectivity index (χ0n) is 10.9. The first kappa shape index (κ1) is 15.4. The van der Waals surface area contributed by atoms with Gasteiger partial charge in [-0.25, -0.2) is 4.79 Å². The molecule has 0 radical (unpaired) electrons. The van der Waals surface area contributed by atoms with Crippen LogP contribution in [0.1, 0.15) is 15.9 Å². The molecule has 0 aliphatic rings. The number of ether oxygens (including phenoxy) is 1. The van der Waals surface area contributed by atoms with Crippen LogP contribution in [0.15, 0.2) is 49.6 Å². The molecule has 1 aromatic rings. The number of carbonyl (C=O) groups excluding carboxylic acids is 3. The second-order valence-electron chi connectivity index (χ2n) is 3.85. The summed E-state index contributed by atoms with van der Waals surface area (Å²) >= 11 is 0. The Bertz CT molecular complexity index is 531. The molecule has 5 heteroatoms. The number of amides is 1. The van der Waals surface area contributed by atoms with Gasteiger partial charge in [0, 0.05) is 18.2 Å². The summed E-state index contributed by atoms with van der Waals surface area (Å²) in [5.74, 6) is -1.20. The van der Waals surface area contributed by atoms with E-state index >= 15 is 0 Å². The smallest absolute Gasteiger partial charge is 0.330 e. The Morgan fingerprint density at radius 2 is 1.75 bits per heavy atom. The molecule has 104 valence electrons. The lowest BCUT2D eigenvalue weighted by Gasteiger charge is -2.05. The molecule has 0 aromatic heterocycles. The standard InChI is InChI=1S/C15H15NO4/c1-3-14(18)16-9-11-5-7-12(8-6-11)13(17)10-20-15(19)4-2/h3-8H,1-2,9-10H2,(H,16,18). The van der Waals surface area contributed by atoms with E-state index in [1.165, 1.54) is 6.08 Å². The van der Waals surface area contributed by atoms with Crippen LogP contribution in [-0.2, 0) is 20.9 Å². The molecule has 1 amide bonds. The lowest BCUT2D eigenvalue weighted by molar-refractivity contribution is -0.136. The van der Waals surface area contributed by atoms with Crippen LogP contribution in [0.5, 0.6) is 0 Å². The van der Waals surface area contributed by atoms with E-state index in [9.17, 15) is 14.4 Å². The molecular weight excluding hydrogens is 258 g/mol. The molecule has 0 bridgehead atoms. The maximum Gasteiger partial charge on any atom is 0.330 e. The van der Waals surface area contributed by atoms with Gasteiger partial charge >= 0.3 is 5.97 Å². The quantitative estimate of drug-likeness (QED) is 0.463. The zero-order valence-corrected chi connectivity index (χ0v) is 10.9. The second-order valence-corrected chi connectivity index (χ2v) is 3.85. The minimum atomic E-state index is -0.637. The van der Waals surface area contributed by atoms with E-state index in [1.54, 1.807) is 24.3 Å². The first-order valence-electron chi connectivity index (χ1n) is 5.88. The Morgan fingerprint density at radius 3 is 2.30 bits per heavy atom. The molecule has 1 aromatic carbocycles. The Balaban J connectivity index is 2.55. The number of esters is 1. The fourth-order valence-corrected chi connectivity index (χ4v) is 1.35. The molecule has 0 spiro atoms. The van der Waals surface area contributed by atoms with Crippen molar-refractivity contribution in [3.8, 4) is 0 Å². The van der Waals surface area contributed by atoms with E-state index in [0.717, 1.165) is 11.6 Å². The minimum absolute atomic E-state index is 0.263. The first-order valence-corrected chi connectivity index (χ1v) is 5.88. The van der Waals surface area contributed by atoms with Crippen molar-refractivity contribution in [2.45, 2.75) is 6.54 Å². The van der Waals surface area contributed by atoms with Crippen LogP contribution in [0, 0.1) is 0 Å². The number of hydrogen-bond acceptors (Lipinski definition) is 4. The van der Waals surface area contributed by atoms with Crippen molar-refractivity contribution in [2.24, 2.45) is 0 Å². The predicted octanol–water partition coefficient (Wildman–Crippen LogP) is 1.40. The minimum Gasteiger partial charge on any atom is -0.454 e. The van der Waals surface area contributed by atoms with Crippen LogP contribution in [-0.4, -0.2) is 24.3 Å². The predicted molar refractivity (Wildman–Crippen MR) is 74.0 cm³/mol. The number of benzene rings is 1. The van der Waals surface area contributed by atoms with Gasteiger partial charge in [0.2, 0.25) is 5.91 Å². The highest BCUT2D eigenvalue weighted by molar-refractivity contribution is 5.98. The molecule has 1 rings (SSSR count). The summed E-state index contributed by atoms with van der Waals surface area (Å²) in [6.07, 6.45) is 2.19. The van der Waals surface area contributed by atoms with Gasteiger partial charge in [0.1, 0.15) is 0 Å². The number of ketones is 1. The fourth-order valence-electron chi connectivity index (χ4n) is 1.35. The van der Waals surface area contributed by atoms with E-state index in [2.05, 4.69) is 23.2 Å². The maximum absolute atomic E-state index is 11.7. The summed E-state index contributed by atoms with van der Waals surface area (Å²) in [6.45, 7) is 6.61. The van der Waals surface area contributed by atoms with Crippen LogP contribution < -0.4 is 5.32 Å². The van der Waals surface area contributed by atoms with E-state index in [1.807, 2.05) is 0 Å². The lowest BCUT2D eigenvalue weighted by Crippen LogP contribution is -2.20. The molecule has 0 fully saturated rings. The van der Waals surface area contributed by atoms with Crippen molar-refractivity contribution < 1.29 is 19.1 Å². The third-order valence-electron chi connectivity index (χ3n) is 2.44. The molecule has 0 saturated heterocycles. The average Bonchev–Trinajstić information content (AvgIpc) is 2.50. The number of hydrogen-bond donors (Lipinski definition) is 1. The first-order chi connectivity index (χ1) is 9.56. The Kier molecular flexibility index (Phi) is 5.90. The summed E-state index contributed by atoms with van der Waals surface area (Å²) in [7, 11) is 0. The Morgan fingerprint density at radius 1 is 1.10 bits per heavy atom. The highest BCUT2D eigenvalue weighted by Gasteiger charge is 2.08. The topological polar surface area (TPSA) is 72.5 Å². The van der Waals surface area contributed by atoms with Gasteiger partial charge < -0.3 is 10.1 Å². The average molecular weight is 273 g/mol. The van der Waals surface area contributed by atoms with Gasteiger partial charge in [0.05, 0.1) is 0 Å². The third kappa shape index (κ3) is 4.89. The van der Waals surface area contributed by atoms with Crippen LogP contribution >= 0.6 is 0 Å². The summed E-state index contributed by atoms with van der Waals surface area (Å²) < 4.78 is 4.66. The highest BCUT2D eigenvalue weighted by Crippen LogP contribution is 2.05. The third-order valence-corrected chi connectivity index (χ3v) is 2.44. The van der Waals surface area contributed by atoms with Gasteiger partial charge in [-0.15, -0.1) is 0 Å². The largest absolute Gasteiger partial charge is 0.454 e. The SMILES string of the molecule is C=CC(=O)NCc1ccc(C(=O)COC(=O)C=C)cc1. The van der Waals surface area contributed by atoms with Gasteiger partial charge in [0.15, 0.2) is 12.4 Å². The van der Waals surface area contributed by atoms with Gasteiger partial charge in [0.25, 0.3) is 0 Å². The van der Waals surface area contributed by atoms with Crippen LogP contribution in [0.2, 0.25) is 0 Å². The molecule has 5 nitrogen and oxygen atoms in total. The van der Waals surface area contributed by atoms with Crippen molar-refractivity contribution in [3.05, 3.63) is 60.7 Å². The Hall–Kier alpha value is -2.69. The van der Waals surface area contributed by atoms with Crippen molar-refractivity contribution in [1.29, 1.82) is 0 Å². The molecule has 0 heterocycles. The zero-order chi connectivity index (χ0) is 15.0. The van der Waals surface area contributed by atoms with Crippen LogP contribution in [0.25, 0.3) is 0 Å². The molecule has 0 atom stereocenters. The molecule has 0 aliphatic heterocycles. The molecule has 0 unspecified atom stereocenters. The number of carbonyl (C=O) groups is 3. The number of Topliss-reactive ketones (excluding diaryl/α,β-unsaturated/α-hetero) is 1. The van der Waals surface area contributed by atoms with Crippen molar-refractivity contribution in [1.82, 2.24) is 5.32 Å². The lowest BCUT2D eigenvalue weighted by atomic mass is 10.1. The van der Waals surface area contributed by atoms with Crippen molar-refractivity contribution >= 4 is 17.7 Å². The van der Waals surface area contributed by atoms with Gasteiger partial charge in [-0.05, 0) is 11.6 Å². The molecular formula is C15H15NO4. The second kappa shape index (κ2) is 7.68. The summed E-state index contributed by atoms with van der Waals surface area (Å²) in [5, 5.41) is 2.62. The fraction of sp³-hybridized carbons (Fsp3) is 0.133. The van der Waals surface area contributed by atoms with Crippen LogP contribution in [0.4, 0.5) is 0 Å². The van der Waals surface area contributed by atoms with Gasteiger partial charge in [-0.2, -0.15) is 0 Å². The van der Waals surface area contributed by atoms with Gasteiger partial charge in [-0.3, -0.25) is 9.59 Å². The summed E-state index contributed by atoms with van der Waals surface area (Å²) in [4.78, 5) is 33.5. The van der Waals surface area contributed by atoms with E-state index in [0.29, 0.717) is 12.1 Å². The maximum atomic E-state index is 11.7. The Labute approximate surface area is 116 Å². The molecule has 0 saturated carbocycles. The summed E-state index contributed by atoms with van der Waals surface area (Å²) in [5.41, 5.74) is 1.28. The highest BCUT2D eigenvalue weighted by atomic mass is 16.5. The van der Waals surface area contributed by atoms with E-state index in [4.69, 9.17) is 0 Å². The van der Waals surface area contributed by atoms with Crippen molar-refractivity contribution in [3.63, 3.8) is 0 Å². The van der Waals surface area contributed by atoms with E-state index < -0.39 is 5.97 Å². The molecule has 0 aliphatic carbocycles. The molecule has 1 N–H and O–H groups in total. The monoisotopic (exact) mass is 273 g/mol. The normalized spacial score (nSPS) is 9.40. The summed E-state index contributed by atoms with van der Waals surface area (Å²) in [6, 6.07) is 6.65.